The number of nitrogens with zero attached hydrogens (tertiary/aromatic N) is 1. The van der Waals surface area contributed by atoms with Crippen molar-refractivity contribution in [3.8, 4) is 5.88 Å². The monoisotopic (exact) mass is 215 g/mol. The third-order valence-electron chi connectivity index (χ3n) is 2.40. The molecule has 0 amide bonds. The Hall–Kier alpha value is -1.87. The summed E-state index contributed by atoms with van der Waals surface area (Å²) >= 11 is 0. The van der Waals surface area contributed by atoms with Crippen LogP contribution in [0.5, 0.6) is 5.88 Å². The summed E-state index contributed by atoms with van der Waals surface area (Å²) in [5, 5.41) is 10.1. The molecular formula is C13H13NO2. The molecule has 1 aromatic heterocycles. The van der Waals surface area contributed by atoms with E-state index in [1.807, 2.05) is 36.4 Å². The van der Waals surface area contributed by atoms with Crippen LogP contribution in [0.1, 0.15) is 17.2 Å². The number of aliphatic hydroxyl groups is 1. The van der Waals surface area contributed by atoms with E-state index in [-0.39, 0.29) is 0 Å². The van der Waals surface area contributed by atoms with Gasteiger partial charge in [0, 0.05) is 17.8 Å². The number of hydrogen-bond acceptors (Lipinski definition) is 3. The summed E-state index contributed by atoms with van der Waals surface area (Å²) in [6, 6.07) is 13.0. The highest BCUT2D eigenvalue weighted by atomic mass is 16.5. The van der Waals surface area contributed by atoms with Gasteiger partial charge in [0.05, 0.1) is 7.11 Å². The van der Waals surface area contributed by atoms with Gasteiger partial charge >= 0.3 is 0 Å². The lowest BCUT2D eigenvalue weighted by Crippen LogP contribution is -2.00. The Morgan fingerprint density at radius 2 is 1.81 bits per heavy atom. The number of aromatic nitrogens is 1. The van der Waals surface area contributed by atoms with Gasteiger partial charge in [0.1, 0.15) is 6.10 Å². The molecule has 82 valence electrons. The predicted octanol–water partition coefficient (Wildman–Crippen LogP) is 2.17. The summed E-state index contributed by atoms with van der Waals surface area (Å²) in [6.45, 7) is 0. The molecule has 0 unspecified atom stereocenters. The normalized spacial score (nSPS) is 12.1. The first-order valence-electron chi connectivity index (χ1n) is 5.04. The van der Waals surface area contributed by atoms with Crippen LogP contribution in [0.2, 0.25) is 0 Å². The molecule has 0 fully saturated rings. The Morgan fingerprint density at radius 1 is 1.06 bits per heavy atom. The van der Waals surface area contributed by atoms with Crippen molar-refractivity contribution in [1.29, 1.82) is 0 Å². The zero-order valence-corrected chi connectivity index (χ0v) is 9.00. The lowest BCUT2D eigenvalue weighted by atomic mass is 10.0. The molecule has 0 saturated heterocycles. The molecule has 3 nitrogen and oxygen atoms in total. The van der Waals surface area contributed by atoms with Crippen LogP contribution < -0.4 is 4.74 Å². The van der Waals surface area contributed by atoms with Crippen LogP contribution in [-0.4, -0.2) is 17.2 Å². The molecule has 0 bridgehead atoms. The van der Waals surface area contributed by atoms with E-state index in [0.717, 1.165) is 11.1 Å². The lowest BCUT2D eigenvalue weighted by Gasteiger charge is -2.10. The van der Waals surface area contributed by atoms with Gasteiger partial charge in [-0.05, 0) is 11.6 Å². The van der Waals surface area contributed by atoms with E-state index in [1.165, 1.54) is 0 Å². The fourth-order valence-electron chi connectivity index (χ4n) is 1.50. The van der Waals surface area contributed by atoms with Gasteiger partial charge in [-0.2, -0.15) is 0 Å². The fourth-order valence-corrected chi connectivity index (χ4v) is 1.50. The second-order valence-electron chi connectivity index (χ2n) is 3.45. The molecule has 1 atom stereocenters. The number of pyridine rings is 1. The molecule has 0 aliphatic rings. The topological polar surface area (TPSA) is 42.4 Å². The van der Waals surface area contributed by atoms with Crippen LogP contribution in [0, 0.1) is 0 Å². The first-order chi connectivity index (χ1) is 7.81. The zero-order chi connectivity index (χ0) is 11.4. The molecule has 2 aromatic rings. The third-order valence-corrected chi connectivity index (χ3v) is 2.40. The quantitative estimate of drug-likeness (QED) is 0.853. The Kier molecular flexibility index (Phi) is 3.17. The first kappa shape index (κ1) is 10.6. The number of benzene rings is 1. The minimum absolute atomic E-state index is 0.545. The summed E-state index contributed by atoms with van der Waals surface area (Å²) in [6.07, 6.45) is 0.982. The molecule has 2 rings (SSSR count). The summed E-state index contributed by atoms with van der Waals surface area (Å²) in [4.78, 5) is 4.06. The zero-order valence-electron chi connectivity index (χ0n) is 9.00. The first-order valence-corrected chi connectivity index (χ1v) is 5.04. The van der Waals surface area contributed by atoms with Crippen LogP contribution in [0.15, 0.2) is 48.7 Å². The average molecular weight is 215 g/mol. The van der Waals surface area contributed by atoms with Crippen molar-refractivity contribution in [2.24, 2.45) is 0 Å². The molecule has 0 aliphatic heterocycles. The Labute approximate surface area is 94.3 Å². The van der Waals surface area contributed by atoms with Gasteiger partial charge in [-0.25, -0.2) is 4.98 Å². The SMILES string of the molecule is COc1ccc([C@@H](O)c2ccccc2)cn1. The average Bonchev–Trinajstić information content (AvgIpc) is 2.39. The third kappa shape index (κ3) is 2.20. The minimum atomic E-state index is -0.639. The van der Waals surface area contributed by atoms with Crippen molar-refractivity contribution < 1.29 is 9.84 Å². The highest BCUT2D eigenvalue weighted by Gasteiger charge is 2.09. The number of rotatable bonds is 3. The van der Waals surface area contributed by atoms with Gasteiger partial charge in [0.25, 0.3) is 0 Å². The summed E-state index contributed by atoms with van der Waals surface area (Å²) < 4.78 is 4.96. The summed E-state index contributed by atoms with van der Waals surface area (Å²) in [7, 11) is 1.57. The van der Waals surface area contributed by atoms with E-state index < -0.39 is 6.10 Å². The van der Waals surface area contributed by atoms with Crippen molar-refractivity contribution in [2.45, 2.75) is 6.10 Å². The maximum Gasteiger partial charge on any atom is 0.212 e. The Bertz CT molecular complexity index is 439. The van der Waals surface area contributed by atoms with Crippen molar-refractivity contribution >= 4 is 0 Å². The standard InChI is InChI=1S/C13H13NO2/c1-16-12-8-7-11(9-14-12)13(15)10-5-3-2-4-6-10/h2-9,13,15H,1H3/t13-/m0/s1. The van der Waals surface area contributed by atoms with Crippen molar-refractivity contribution in [3.05, 3.63) is 59.8 Å². The van der Waals surface area contributed by atoms with E-state index in [1.54, 1.807) is 19.4 Å². The van der Waals surface area contributed by atoms with E-state index in [9.17, 15) is 5.11 Å². The number of methoxy groups -OCH3 is 1. The maximum absolute atomic E-state index is 10.1. The summed E-state index contributed by atoms with van der Waals surface area (Å²) in [5.41, 5.74) is 1.61. The molecule has 0 aliphatic carbocycles. The van der Waals surface area contributed by atoms with Crippen molar-refractivity contribution in [2.75, 3.05) is 7.11 Å². The van der Waals surface area contributed by atoms with Crippen LogP contribution in [0.25, 0.3) is 0 Å². The molecule has 0 spiro atoms. The van der Waals surface area contributed by atoms with E-state index in [4.69, 9.17) is 4.74 Å². The largest absolute Gasteiger partial charge is 0.481 e. The van der Waals surface area contributed by atoms with Gasteiger partial charge in [0.15, 0.2) is 0 Å². The van der Waals surface area contributed by atoms with E-state index in [2.05, 4.69) is 4.98 Å². The molecule has 3 heteroatoms. The van der Waals surface area contributed by atoms with Crippen molar-refractivity contribution in [3.63, 3.8) is 0 Å². The molecule has 0 saturated carbocycles. The van der Waals surface area contributed by atoms with Crippen LogP contribution in [0.4, 0.5) is 0 Å². The molecule has 1 heterocycles. The van der Waals surface area contributed by atoms with Crippen LogP contribution in [-0.2, 0) is 0 Å². The predicted molar refractivity (Wildman–Crippen MR) is 61.3 cm³/mol. The minimum Gasteiger partial charge on any atom is -0.481 e. The smallest absolute Gasteiger partial charge is 0.212 e. The Balaban J connectivity index is 2.24. The van der Waals surface area contributed by atoms with Crippen LogP contribution in [0.3, 0.4) is 0 Å². The van der Waals surface area contributed by atoms with E-state index in [0.29, 0.717) is 5.88 Å². The van der Waals surface area contributed by atoms with Gasteiger partial charge in [-0.1, -0.05) is 30.3 Å². The second-order valence-corrected chi connectivity index (χ2v) is 3.45. The molecule has 1 N–H and O–H groups in total. The van der Waals surface area contributed by atoms with Crippen LogP contribution >= 0.6 is 0 Å². The fraction of sp³-hybridized carbons (Fsp3) is 0.154. The molecule has 1 aromatic carbocycles. The molecule has 0 radical (unpaired) electrons. The molecular weight excluding hydrogens is 202 g/mol. The molecule has 16 heavy (non-hydrogen) atoms. The number of hydrogen-bond donors (Lipinski definition) is 1. The number of ether oxygens (including phenoxy) is 1. The lowest BCUT2D eigenvalue weighted by molar-refractivity contribution is 0.219. The van der Waals surface area contributed by atoms with Crippen molar-refractivity contribution in [1.82, 2.24) is 4.98 Å². The summed E-state index contributed by atoms with van der Waals surface area (Å²) in [5.74, 6) is 0.545. The van der Waals surface area contributed by atoms with Gasteiger partial charge < -0.3 is 9.84 Å². The maximum atomic E-state index is 10.1. The van der Waals surface area contributed by atoms with Gasteiger partial charge in [0.2, 0.25) is 5.88 Å². The van der Waals surface area contributed by atoms with E-state index >= 15 is 0 Å². The van der Waals surface area contributed by atoms with Gasteiger partial charge in [-0.15, -0.1) is 0 Å². The second kappa shape index (κ2) is 4.77. The number of aliphatic hydroxyl groups excluding tert-OH is 1. The highest BCUT2D eigenvalue weighted by Crippen LogP contribution is 2.21. The van der Waals surface area contributed by atoms with Gasteiger partial charge in [-0.3, -0.25) is 0 Å². The Morgan fingerprint density at radius 3 is 2.38 bits per heavy atom. The highest BCUT2D eigenvalue weighted by molar-refractivity contribution is 5.29.